The molecule has 0 amide bonds. The van der Waals surface area contributed by atoms with E-state index in [4.69, 9.17) is 4.74 Å². The molecule has 1 unspecified atom stereocenters. The number of benzene rings is 2. The van der Waals surface area contributed by atoms with Crippen LogP contribution in [-0.2, 0) is 6.42 Å². The molecule has 0 aliphatic carbocycles. The summed E-state index contributed by atoms with van der Waals surface area (Å²) < 4.78 is 5.52. The largest absolute Gasteiger partial charge is 0.495 e. The molecule has 1 aliphatic rings. The molecule has 2 heterocycles. The van der Waals surface area contributed by atoms with Crippen molar-refractivity contribution in [1.82, 2.24) is 15.6 Å². The molecule has 1 aliphatic heterocycles. The van der Waals surface area contributed by atoms with Crippen molar-refractivity contribution in [3.8, 4) is 5.75 Å². The van der Waals surface area contributed by atoms with E-state index in [1.54, 1.807) is 7.11 Å². The van der Waals surface area contributed by atoms with Crippen molar-refractivity contribution in [3.05, 3.63) is 66.4 Å². The van der Waals surface area contributed by atoms with E-state index in [2.05, 4.69) is 61.9 Å². The van der Waals surface area contributed by atoms with Gasteiger partial charge in [0.15, 0.2) is 5.96 Å². The van der Waals surface area contributed by atoms with Crippen LogP contribution in [-0.4, -0.2) is 50.8 Å². The summed E-state index contributed by atoms with van der Waals surface area (Å²) in [5.74, 6) is 1.76. The molecule has 0 bridgehead atoms. The second-order valence-corrected chi connectivity index (χ2v) is 7.49. The van der Waals surface area contributed by atoms with Crippen molar-refractivity contribution >= 4 is 46.5 Å². The first-order valence-electron chi connectivity index (χ1n) is 10.5. The van der Waals surface area contributed by atoms with Crippen LogP contribution in [0.4, 0.5) is 5.69 Å². The minimum atomic E-state index is 0. The van der Waals surface area contributed by atoms with Crippen molar-refractivity contribution in [2.45, 2.75) is 18.9 Å². The number of anilines is 1. The van der Waals surface area contributed by atoms with E-state index in [0.717, 1.165) is 55.4 Å². The van der Waals surface area contributed by atoms with Crippen LogP contribution in [0.1, 0.15) is 12.0 Å². The number of aromatic nitrogens is 1. The van der Waals surface area contributed by atoms with Gasteiger partial charge >= 0.3 is 0 Å². The van der Waals surface area contributed by atoms with Gasteiger partial charge in [0.1, 0.15) is 5.75 Å². The molecule has 0 radical (unpaired) electrons. The van der Waals surface area contributed by atoms with Crippen LogP contribution in [0.2, 0.25) is 0 Å². The number of ether oxygens (including phenoxy) is 1. The fraction of sp³-hybridized carbons (Fsp3) is 0.333. The molecule has 1 aromatic heterocycles. The molecule has 2 N–H and O–H groups in total. The number of aliphatic imine (C=N–C) groups is 1. The Kier molecular flexibility index (Phi) is 8.34. The van der Waals surface area contributed by atoms with E-state index in [1.165, 1.54) is 10.9 Å². The zero-order valence-corrected chi connectivity index (χ0v) is 20.4. The molecule has 2 aromatic carbocycles. The third kappa shape index (κ3) is 5.58. The number of pyridine rings is 1. The van der Waals surface area contributed by atoms with Gasteiger partial charge in [-0.05, 0) is 36.6 Å². The predicted octanol–water partition coefficient (Wildman–Crippen LogP) is 3.85. The standard InChI is InChI=1S/C24H29N5O.HI/c1-25-24(27-15-12-19-8-5-7-18-9-6-14-26-23(18)19)28-20-13-16-29(17-20)21-10-3-4-11-22(21)30-2;/h3-11,14,20H,12-13,15-17H2,1-2H3,(H2,25,27,28);1H. The third-order valence-electron chi connectivity index (χ3n) is 5.58. The molecule has 0 spiro atoms. The van der Waals surface area contributed by atoms with Crippen molar-refractivity contribution in [1.29, 1.82) is 0 Å². The van der Waals surface area contributed by atoms with Crippen molar-refractivity contribution in [3.63, 3.8) is 0 Å². The van der Waals surface area contributed by atoms with Gasteiger partial charge in [0.2, 0.25) is 0 Å². The second kappa shape index (κ2) is 11.2. The monoisotopic (exact) mass is 531 g/mol. The maximum atomic E-state index is 5.52. The van der Waals surface area contributed by atoms with Crippen molar-refractivity contribution in [2.75, 3.05) is 38.7 Å². The van der Waals surface area contributed by atoms with E-state index < -0.39 is 0 Å². The Morgan fingerprint density at radius 2 is 2.00 bits per heavy atom. The molecule has 0 saturated carbocycles. The number of para-hydroxylation sites is 3. The highest BCUT2D eigenvalue weighted by molar-refractivity contribution is 14.0. The topological polar surface area (TPSA) is 61.8 Å². The van der Waals surface area contributed by atoms with Crippen LogP contribution < -0.4 is 20.3 Å². The number of nitrogens with one attached hydrogen (secondary N) is 2. The molecule has 4 rings (SSSR count). The highest BCUT2D eigenvalue weighted by Crippen LogP contribution is 2.30. The molecular formula is C24H30IN5O. The van der Waals surface area contributed by atoms with E-state index in [1.807, 2.05) is 31.4 Å². The van der Waals surface area contributed by atoms with Gasteiger partial charge < -0.3 is 20.3 Å². The number of hydrogen-bond acceptors (Lipinski definition) is 4. The lowest BCUT2D eigenvalue weighted by atomic mass is 10.1. The lowest BCUT2D eigenvalue weighted by molar-refractivity contribution is 0.415. The molecule has 1 saturated heterocycles. The van der Waals surface area contributed by atoms with Gasteiger partial charge in [0, 0.05) is 44.3 Å². The average molecular weight is 531 g/mol. The molecule has 3 aromatic rings. The third-order valence-corrected chi connectivity index (χ3v) is 5.58. The van der Waals surface area contributed by atoms with Gasteiger partial charge in [-0.1, -0.05) is 36.4 Å². The second-order valence-electron chi connectivity index (χ2n) is 7.49. The summed E-state index contributed by atoms with van der Waals surface area (Å²) in [5.41, 5.74) is 3.47. The maximum Gasteiger partial charge on any atom is 0.191 e. The summed E-state index contributed by atoms with van der Waals surface area (Å²) in [6.07, 6.45) is 3.81. The van der Waals surface area contributed by atoms with Gasteiger partial charge in [-0.25, -0.2) is 0 Å². The number of rotatable bonds is 6. The molecule has 1 fully saturated rings. The number of methoxy groups -OCH3 is 1. The first kappa shape index (κ1) is 23.1. The molecule has 1 atom stereocenters. The van der Waals surface area contributed by atoms with Crippen molar-refractivity contribution < 1.29 is 4.74 Å². The summed E-state index contributed by atoms with van der Waals surface area (Å²) in [5, 5.41) is 8.20. The number of nitrogens with zero attached hydrogens (tertiary/aromatic N) is 3. The molecular weight excluding hydrogens is 501 g/mol. The lowest BCUT2D eigenvalue weighted by Gasteiger charge is -2.22. The summed E-state index contributed by atoms with van der Waals surface area (Å²) >= 11 is 0. The van der Waals surface area contributed by atoms with Crippen LogP contribution in [0, 0.1) is 0 Å². The maximum absolute atomic E-state index is 5.52. The summed E-state index contributed by atoms with van der Waals surface area (Å²) in [4.78, 5) is 11.3. The van der Waals surface area contributed by atoms with Gasteiger partial charge in [-0.2, -0.15) is 0 Å². The summed E-state index contributed by atoms with van der Waals surface area (Å²) in [7, 11) is 3.55. The zero-order chi connectivity index (χ0) is 20.8. The van der Waals surface area contributed by atoms with Crippen LogP contribution in [0.5, 0.6) is 5.75 Å². The van der Waals surface area contributed by atoms with E-state index >= 15 is 0 Å². The Labute approximate surface area is 201 Å². The molecule has 164 valence electrons. The van der Waals surface area contributed by atoms with Crippen molar-refractivity contribution in [2.24, 2.45) is 4.99 Å². The zero-order valence-electron chi connectivity index (χ0n) is 18.0. The molecule has 6 nitrogen and oxygen atoms in total. The Balaban J connectivity index is 0.00000272. The minimum absolute atomic E-state index is 0. The van der Waals surface area contributed by atoms with Crippen LogP contribution in [0.15, 0.2) is 65.8 Å². The van der Waals surface area contributed by atoms with Crippen LogP contribution in [0.25, 0.3) is 10.9 Å². The summed E-state index contributed by atoms with van der Waals surface area (Å²) in [6, 6.07) is 19.0. The number of halogens is 1. The SMILES string of the molecule is CN=C(NCCc1cccc2cccnc12)NC1CCN(c2ccccc2OC)C1.I. The fourth-order valence-corrected chi connectivity index (χ4v) is 4.06. The molecule has 31 heavy (non-hydrogen) atoms. The number of fused-ring (bicyclic) bond motifs is 1. The minimum Gasteiger partial charge on any atom is -0.495 e. The predicted molar refractivity (Wildman–Crippen MR) is 139 cm³/mol. The smallest absolute Gasteiger partial charge is 0.191 e. The summed E-state index contributed by atoms with van der Waals surface area (Å²) in [6.45, 7) is 2.73. The number of guanidine groups is 1. The van der Waals surface area contributed by atoms with Gasteiger partial charge in [0.25, 0.3) is 0 Å². The van der Waals surface area contributed by atoms with Gasteiger partial charge in [0.05, 0.1) is 18.3 Å². The Bertz CT molecular complexity index is 1020. The van der Waals surface area contributed by atoms with Gasteiger partial charge in [-0.15, -0.1) is 24.0 Å². The van der Waals surface area contributed by atoms with Crippen LogP contribution in [0.3, 0.4) is 0 Å². The average Bonchev–Trinajstić information content (AvgIpc) is 3.27. The highest BCUT2D eigenvalue weighted by Gasteiger charge is 2.25. The van der Waals surface area contributed by atoms with Crippen LogP contribution >= 0.6 is 24.0 Å². The Morgan fingerprint density at radius 1 is 1.16 bits per heavy atom. The lowest BCUT2D eigenvalue weighted by Crippen LogP contribution is -2.45. The number of hydrogen-bond donors (Lipinski definition) is 2. The Hall–Kier alpha value is -2.55. The Morgan fingerprint density at radius 3 is 2.84 bits per heavy atom. The highest BCUT2D eigenvalue weighted by atomic mass is 127. The van der Waals surface area contributed by atoms with Gasteiger partial charge in [-0.3, -0.25) is 9.98 Å². The van der Waals surface area contributed by atoms with E-state index in [9.17, 15) is 0 Å². The fourth-order valence-electron chi connectivity index (χ4n) is 4.06. The van der Waals surface area contributed by atoms with E-state index in [0.29, 0.717) is 6.04 Å². The quantitative estimate of drug-likeness (QED) is 0.288. The first-order chi connectivity index (χ1) is 14.8. The first-order valence-corrected chi connectivity index (χ1v) is 10.5. The van der Waals surface area contributed by atoms with E-state index in [-0.39, 0.29) is 24.0 Å². The normalized spacial score (nSPS) is 16.1. The molecule has 7 heteroatoms.